The maximum Gasteiger partial charge on any atom is 0.0942 e. The third kappa shape index (κ3) is 4.01. The van der Waals surface area contributed by atoms with Crippen LogP contribution in [0.5, 0.6) is 0 Å². The summed E-state index contributed by atoms with van der Waals surface area (Å²) in [5.41, 5.74) is 5.43. The molecule has 1 atom stereocenters. The number of ether oxygens (including phenoxy) is 1. The molecule has 0 aliphatic rings. The average molecular weight is 288 g/mol. The Hall–Kier alpha value is -2.48. The summed E-state index contributed by atoms with van der Waals surface area (Å²) in [6.45, 7) is 4.13. The second kappa shape index (κ2) is 7.51. The van der Waals surface area contributed by atoms with Crippen LogP contribution in [0.4, 0.5) is 0 Å². The van der Waals surface area contributed by atoms with E-state index in [0.717, 1.165) is 16.7 Å². The van der Waals surface area contributed by atoms with Crippen molar-refractivity contribution in [3.05, 3.63) is 70.3 Å². The van der Waals surface area contributed by atoms with Crippen molar-refractivity contribution in [3.63, 3.8) is 0 Å². The monoisotopic (exact) mass is 288 g/mol. The Morgan fingerprint density at radius 2 is 1.68 bits per heavy atom. The molecule has 0 saturated heterocycles. The minimum absolute atomic E-state index is 0.118. The zero-order valence-corrected chi connectivity index (χ0v) is 13.3. The van der Waals surface area contributed by atoms with E-state index in [4.69, 9.17) is 11.2 Å². The van der Waals surface area contributed by atoms with Gasteiger partial charge >= 0.3 is 0 Å². The maximum atomic E-state index is 5.51. The normalized spacial score (nSPS) is 11.2. The van der Waals surface area contributed by atoms with Crippen molar-refractivity contribution in [3.8, 4) is 24.2 Å². The molecule has 0 N–H and O–H groups in total. The molecule has 1 heteroatoms. The van der Waals surface area contributed by atoms with E-state index < -0.39 is 0 Å². The number of hydrogen-bond acceptors (Lipinski definition) is 1. The van der Waals surface area contributed by atoms with Gasteiger partial charge in [-0.3, -0.25) is 0 Å². The standard InChI is InChI=1S/C21H20O/c1-5-6-21(22-4)20-14-9-17(3)15-19(20)13-12-18-10-7-16(2)8-11-18/h1,7-11,14-15,21H,6H2,2-4H3. The summed E-state index contributed by atoms with van der Waals surface area (Å²) in [4.78, 5) is 0. The van der Waals surface area contributed by atoms with Crippen LogP contribution in [0, 0.1) is 38.0 Å². The van der Waals surface area contributed by atoms with E-state index in [2.05, 4.69) is 61.9 Å². The predicted octanol–water partition coefficient (Wildman–Crippen LogP) is 4.41. The smallest absolute Gasteiger partial charge is 0.0942 e. The van der Waals surface area contributed by atoms with Crippen LogP contribution >= 0.6 is 0 Å². The van der Waals surface area contributed by atoms with Crippen LogP contribution < -0.4 is 0 Å². The van der Waals surface area contributed by atoms with Gasteiger partial charge in [-0.1, -0.05) is 41.7 Å². The molecule has 110 valence electrons. The van der Waals surface area contributed by atoms with E-state index in [1.165, 1.54) is 11.1 Å². The minimum Gasteiger partial charge on any atom is -0.376 e. The highest BCUT2D eigenvalue weighted by atomic mass is 16.5. The highest BCUT2D eigenvalue weighted by Crippen LogP contribution is 2.24. The molecule has 2 aromatic carbocycles. The molecule has 0 aromatic heterocycles. The Morgan fingerprint density at radius 3 is 2.32 bits per heavy atom. The molecule has 0 radical (unpaired) electrons. The summed E-state index contributed by atoms with van der Waals surface area (Å²) in [6.07, 6.45) is 5.86. The summed E-state index contributed by atoms with van der Waals surface area (Å²) in [5.74, 6) is 9.15. The van der Waals surface area contributed by atoms with Crippen molar-refractivity contribution in [1.82, 2.24) is 0 Å². The van der Waals surface area contributed by atoms with E-state index >= 15 is 0 Å². The fourth-order valence-corrected chi connectivity index (χ4v) is 2.26. The lowest BCUT2D eigenvalue weighted by molar-refractivity contribution is 0.107. The third-order valence-electron chi connectivity index (χ3n) is 3.54. The van der Waals surface area contributed by atoms with Gasteiger partial charge in [-0.25, -0.2) is 0 Å². The Labute approximate surface area is 133 Å². The van der Waals surface area contributed by atoms with Crippen molar-refractivity contribution in [2.24, 2.45) is 0 Å². The van der Waals surface area contributed by atoms with Gasteiger partial charge in [0.15, 0.2) is 0 Å². The Kier molecular flexibility index (Phi) is 5.42. The molecule has 0 spiro atoms. The highest BCUT2D eigenvalue weighted by molar-refractivity contribution is 5.49. The summed E-state index contributed by atoms with van der Waals surface area (Å²) in [7, 11) is 1.68. The molecule has 0 aliphatic carbocycles. The molecular formula is C21H20O. The van der Waals surface area contributed by atoms with Crippen molar-refractivity contribution in [2.75, 3.05) is 7.11 Å². The number of methoxy groups -OCH3 is 1. The first-order valence-corrected chi connectivity index (χ1v) is 7.29. The maximum absolute atomic E-state index is 5.51. The molecular weight excluding hydrogens is 268 g/mol. The summed E-state index contributed by atoms with van der Waals surface area (Å²) < 4.78 is 5.51. The van der Waals surface area contributed by atoms with Crippen molar-refractivity contribution >= 4 is 0 Å². The van der Waals surface area contributed by atoms with Gasteiger partial charge in [0.1, 0.15) is 0 Å². The van der Waals surface area contributed by atoms with Gasteiger partial charge < -0.3 is 4.74 Å². The van der Waals surface area contributed by atoms with Gasteiger partial charge in [0.25, 0.3) is 0 Å². The Bertz CT molecular complexity index is 736. The second-order valence-electron chi connectivity index (χ2n) is 5.34. The number of benzene rings is 2. The van der Waals surface area contributed by atoms with E-state index in [1.807, 2.05) is 12.1 Å². The molecule has 0 aliphatic heterocycles. The largest absolute Gasteiger partial charge is 0.376 e. The molecule has 0 fully saturated rings. The van der Waals surface area contributed by atoms with Gasteiger partial charge in [0, 0.05) is 24.7 Å². The molecule has 0 bridgehead atoms. The van der Waals surface area contributed by atoms with Crippen LogP contribution in [0.3, 0.4) is 0 Å². The van der Waals surface area contributed by atoms with Gasteiger partial charge in [0.05, 0.1) is 6.10 Å². The molecule has 1 nitrogen and oxygen atoms in total. The fraction of sp³-hybridized carbons (Fsp3) is 0.238. The summed E-state index contributed by atoms with van der Waals surface area (Å²) in [6, 6.07) is 14.4. The first kappa shape index (κ1) is 15.9. The first-order valence-electron chi connectivity index (χ1n) is 7.29. The number of terminal acetylenes is 1. The number of rotatable bonds is 3. The van der Waals surface area contributed by atoms with E-state index in [1.54, 1.807) is 7.11 Å². The van der Waals surface area contributed by atoms with Crippen LogP contribution in [0.1, 0.15) is 40.3 Å². The first-order chi connectivity index (χ1) is 10.6. The van der Waals surface area contributed by atoms with Crippen molar-refractivity contribution < 1.29 is 4.74 Å². The number of aryl methyl sites for hydroxylation is 2. The summed E-state index contributed by atoms with van der Waals surface area (Å²) in [5, 5.41) is 0. The van der Waals surface area contributed by atoms with Crippen LogP contribution in [-0.2, 0) is 4.74 Å². The van der Waals surface area contributed by atoms with E-state index in [-0.39, 0.29) is 6.10 Å². The lowest BCUT2D eigenvalue weighted by Crippen LogP contribution is -2.03. The van der Waals surface area contributed by atoms with Gasteiger partial charge in [-0.05, 0) is 43.2 Å². The molecule has 1 unspecified atom stereocenters. The third-order valence-corrected chi connectivity index (χ3v) is 3.54. The molecule has 0 heterocycles. The quantitative estimate of drug-likeness (QED) is 0.760. The molecule has 0 saturated carbocycles. The topological polar surface area (TPSA) is 9.23 Å². The average Bonchev–Trinajstić information content (AvgIpc) is 2.52. The SMILES string of the molecule is C#CCC(OC)c1ccc(C)cc1C#Cc1ccc(C)cc1. The molecule has 2 aromatic rings. The zero-order valence-electron chi connectivity index (χ0n) is 13.3. The molecule has 22 heavy (non-hydrogen) atoms. The number of hydrogen-bond donors (Lipinski definition) is 0. The van der Waals surface area contributed by atoms with E-state index in [9.17, 15) is 0 Å². The van der Waals surface area contributed by atoms with Crippen molar-refractivity contribution in [1.29, 1.82) is 0 Å². The van der Waals surface area contributed by atoms with Gasteiger partial charge in [0.2, 0.25) is 0 Å². The zero-order chi connectivity index (χ0) is 15.9. The highest BCUT2D eigenvalue weighted by Gasteiger charge is 2.12. The Morgan fingerprint density at radius 1 is 1.00 bits per heavy atom. The second-order valence-corrected chi connectivity index (χ2v) is 5.34. The van der Waals surface area contributed by atoms with E-state index in [0.29, 0.717) is 6.42 Å². The molecule has 2 rings (SSSR count). The van der Waals surface area contributed by atoms with Gasteiger partial charge in [-0.2, -0.15) is 0 Å². The van der Waals surface area contributed by atoms with Crippen molar-refractivity contribution in [2.45, 2.75) is 26.4 Å². The van der Waals surface area contributed by atoms with Crippen LogP contribution in [0.2, 0.25) is 0 Å². The fourth-order valence-electron chi connectivity index (χ4n) is 2.26. The summed E-state index contributed by atoms with van der Waals surface area (Å²) >= 11 is 0. The minimum atomic E-state index is -0.118. The lowest BCUT2D eigenvalue weighted by atomic mass is 9.98. The van der Waals surface area contributed by atoms with Crippen LogP contribution in [0.25, 0.3) is 0 Å². The predicted molar refractivity (Wildman–Crippen MR) is 91.5 cm³/mol. The van der Waals surface area contributed by atoms with Crippen LogP contribution in [0.15, 0.2) is 42.5 Å². The molecule has 0 amide bonds. The van der Waals surface area contributed by atoms with Crippen LogP contribution in [-0.4, -0.2) is 7.11 Å². The Balaban J connectivity index is 2.40. The lowest BCUT2D eigenvalue weighted by Gasteiger charge is -2.15. The van der Waals surface area contributed by atoms with Gasteiger partial charge in [-0.15, -0.1) is 12.3 Å².